The zero-order valence-corrected chi connectivity index (χ0v) is 22.6. The van der Waals surface area contributed by atoms with Crippen LogP contribution in [-0.2, 0) is 11.3 Å². The third kappa shape index (κ3) is 4.60. The van der Waals surface area contributed by atoms with Crippen LogP contribution in [0, 0.1) is 5.82 Å². The van der Waals surface area contributed by atoms with Gasteiger partial charge in [0.25, 0.3) is 0 Å². The molecule has 6 rings (SSSR count). The van der Waals surface area contributed by atoms with Crippen LogP contribution >= 0.6 is 11.3 Å². The monoisotopic (exact) mass is 558 g/mol. The molecule has 3 aromatic heterocycles. The summed E-state index contributed by atoms with van der Waals surface area (Å²) >= 11 is 1.22. The number of thiophene rings is 1. The SMILES string of the molecule is COc1ccc(F)c(-c2ccc3cc(-c4c(C5CCCCC5)c5sc(C(=O)O)cc5n4CC(=O)O)ccc3n2)c1. The molecule has 0 aliphatic heterocycles. The molecule has 0 bridgehead atoms. The number of carbonyl (C=O) groups is 2. The number of hydrogen-bond acceptors (Lipinski definition) is 5. The molecule has 0 unspecified atom stereocenters. The van der Waals surface area contributed by atoms with Gasteiger partial charge in [-0.25, -0.2) is 14.2 Å². The molecular formula is C31H27FN2O5S. The van der Waals surface area contributed by atoms with Crippen LogP contribution in [0.2, 0.25) is 0 Å². The highest BCUT2D eigenvalue weighted by molar-refractivity contribution is 7.21. The molecule has 0 radical (unpaired) electrons. The van der Waals surface area contributed by atoms with Gasteiger partial charge in [-0.15, -0.1) is 11.3 Å². The smallest absolute Gasteiger partial charge is 0.345 e. The van der Waals surface area contributed by atoms with Gasteiger partial charge in [0, 0.05) is 10.9 Å². The first-order valence-electron chi connectivity index (χ1n) is 13.2. The fraction of sp³-hybridized carbons (Fsp3) is 0.258. The largest absolute Gasteiger partial charge is 0.497 e. The second kappa shape index (κ2) is 10.4. The summed E-state index contributed by atoms with van der Waals surface area (Å²) in [7, 11) is 1.53. The van der Waals surface area contributed by atoms with Crippen molar-refractivity contribution in [1.82, 2.24) is 9.55 Å². The standard InChI is InChI=1S/C31H27FN2O5S/c1-39-20-9-10-22(32)21(14-20)24-12-7-18-13-19(8-11-23(18)33-24)29-28(17-5-3-2-4-6-17)30-25(34(29)16-27(35)36)15-26(40-30)31(37)38/h7-15,17H,2-6,16H2,1H3,(H,35,36)(H,37,38). The van der Waals surface area contributed by atoms with E-state index in [-0.39, 0.29) is 17.3 Å². The molecule has 3 heterocycles. The van der Waals surface area contributed by atoms with Crippen molar-refractivity contribution in [2.24, 2.45) is 0 Å². The average Bonchev–Trinajstić information content (AvgIpc) is 3.51. The Morgan fingerprint density at radius 3 is 2.58 bits per heavy atom. The van der Waals surface area contributed by atoms with Gasteiger partial charge in [-0.05, 0) is 72.4 Å². The molecule has 2 aromatic carbocycles. The molecule has 1 aliphatic rings. The number of hydrogen-bond donors (Lipinski definition) is 2. The Kier molecular flexibility index (Phi) is 6.75. The third-order valence-electron chi connectivity index (χ3n) is 7.70. The molecule has 0 saturated heterocycles. The number of ether oxygens (including phenoxy) is 1. The molecule has 204 valence electrons. The number of rotatable bonds is 7. The minimum Gasteiger partial charge on any atom is -0.497 e. The van der Waals surface area contributed by atoms with Crippen molar-refractivity contribution in [3.8, 4) is 28.3 Å². The molecule has 5 aromatic rings. The van der Waals surface area contributed by atoms with E-state index in [0.29, 0.717) is 28.0 Å². The van der Waals surface area contributed by atoms with Gasteiger partial charge in [0.1, 0.15) is 23.0 Å². The fourth-order valence-corrected chi connectivity index (χ4v) is 7.01. The van der Waals surface area contributed by atoms with Gasteiger partial charge in [-0.2, -0.15) is 0 Å². The first-order valence-corrected chi connectivity index (χ1v) is 14.0. The van der Waals surface area contributed by atoms with E-state index in [4.69, 9.17) is 9.72 Å². The van der Waals surface area contributed by atoms with Crippen LogP contribution < -0.4 is 4.74 Å². The van der Waals surface area contributed by atoms with Crippen molar-refractivity contribution in [2.75, 3.05) is 7.11 Å². The summed E-state index contributed by atoms with van der Waals surface area (Å²) in [6.07, 6.45) is 5.28. The normalized spacial score (nSPS) is 14.2. The highest BCUT2D eigenvalue weighted by Crippen LogP contribution is 2.47. The molecule has 7 nitrogen and oxygen atoms in total. The maximum atomic E-state index is 14.6. The van der Waals surface area contributed by atoms with Crippen molar-refractivity contribution in [3.05, 3.63) is 70.9 Å². The summed E-state index contributed by atoms with van der Waals surface area (Å²) in [4.78, 5) is 28.7. The van der Waals surface area contributed by atoms with Gasteiger partial charge >= 0.3 is 11.9 Å². The topological polar surface area (TPSA) is 102 Å². The van der Waals surface area contributed by atoms with E-state index < -0.39 is 17.8 Å². The Morgan fingerprint density at radius 1 is 1.05 bits per heavy atom. The van der Waals surface area contributed by atoms with Crippen molar-refractivity contribution in [1.29, 1.82) is 0 Å². The number of methoxy groups -OCH3 is 1. The summed E-state index contributed by atoms with van der Waals surface area (Å²) < 4.78 is 22.5. The molecule has 1 saturated carbocycles. The zero-order chi connectivity index (χ0) is 28.0. The summed E-state index contributed by atoms with van der Waals surface area (Å²) in [5, 5.41) is 20.3. The summed E-state index contributed by atoms with van der Waals surface area (Å²) in [5.74, 6) is -1.65. The lowest BCUT2D eigenvalue weighted by Gasteiger charge is -2.23. The number of aliphatic carboxylic acids is 1. The highest BCUT2D eigenvalue weighted by Gasteiger charge is 2.29. The predicted octanol–water partition coefficient (Wildman–Crippen LogP) is 7.56. The van der Waals surface area contributed by atoms with E-state index in [9.17, 15) is 24.2 Å². The minimum absolute atomic E-state index is 0.202. The number of aromatic nitrogens is 2. The van der Waals surface area contributed by atoms with Crippen LogP contribution in [0.4, 0.5) is 4.39 Å². The minimum atomic E-state index is -1.01. The Hall–Kier alpha value is -4.24. The summed E-state index contributed by atoms with van der Waals surface area (Å²) in [6, 6.07) is 15.5. The number of aromatic carboxylic acids is 1. The number of halogens is 1. The number of carboxylic acid groups (broad SMARTS) is 2. The van der Waals surface area contributed by atoms with Gasteiger partial charge < -0.3 is 19.5 Å². The van der Waals surface area contributed by atoms with Gasteiger partial charge in [-0.1, -0.05) is 31.4 Å². The summed E-state index contributed by atoms with van der Waals surface area (Å²) in [6.45, 7) is -0.279. The lowest BCUT2D eigenvalue weighted by molar-refractivity contribution is -0.137. The van der Waals surface area contributed by atoms with Crippen molar-refractivity contribution in [2.45, 2.75) is 44.6 Å². The molecule has 1 fully saturated rings. The maximum Gasteiger partial charge on any atom is 0.345 e. The fourth-order valence-electron chi connectivity index (χ4n) is 5.89. The van der Waals surface area contributed by atoms with Crippen LogP contribution in [0.15, 0.2) is 54.6 Å². The number of fused-ring (bicyclic) bond motifs is 2. The lowest BCUT2D eigenvalue weighted by atomic mass is 9.83. The molecule has 2 N–H and O–H groups in total. The van der Waals surface area contributed by atoms with E-state index in [1.54, 1.807) is 28.8 Å². The lowest BCUT2D eigenvalue weighted by Crippen LogP contribution is -2.12. The molecular weight excluding hydrogens is 531 g/mol. The first-order chi connectivity index (χ1) is 19.3. The van der Waals surface area contributed by atoms with Crippen molar-refractivity contribution >= 4 is 44.4 Å². The van der Waals surface area contributed by atoms with Gasteiger partial charge in [0.2, 0.25) is 0 Å². The molecule has 0 amide bonds. The quantitative estimate of drug-likeness (QED) is 0.214. The predicted molar refractivity (Wildman–Crippen MR) is 153 cm³/mol. The maximum absolute atomic E-state index is 14.6. The van der Waals surface area contributed by atoms with E-state index in [2.05, 4.69) is 0 Å². The second-order valence-electron chi connectivity index (χ2n) is 10.2. The molecule has 9 heteroatoms. The van der Waals surface area contributed by atoms with Crippen LogP contribution in [-0.4, -0.2) is 38.8 Å². The molecule has 0 atom stereocenters. The molecule has 1 aliphatic carbocycles. The Bertz CT molecular complexity index is 1780. The second-order valence-corrected chi connectivity index (χ2v) is 11.2. The highest BCUT2D eigenvalue weighted by atomic mass is 32.1. The number of nitrogens with zero attached hydrogens (tertiary/aromatic N) is 2. The van der Waals surface area contributed by atoms with Crippen molar-refractivity contribution in [3.63, 3.8) is 0 Å². The van der Waals surface area contributed by atoms with E-state index >= 15 is 0 Å². The van der Waals surface area contributed by atoms with E-state index in [0.717, 1.165) is 59.0 Å². The number of carboxylic acids is 2. The third-order valence-corrected chi connectivity index (χ3v) is 8.85. The Balaban J connectivity index is 1.53. The molecule has 0 spiro atoms. The van der Waals surface area contributed by atoms with E-state index in [1.165, 1.54) is 24.5 Å². The number of pyridine rings is 1. The van der Waals surface area contributed by atoms with Gasteiger partial charge in [-0.3, -0.25) is 4.79 Å². The van der Waals surface area contributed by atoms with Gasteiger partial charge in [0.05, 0.1) is 34.2 Å². The van der Waals surface area contributed by atoms with Crippen molar-refractivity contribution < 1.29 is 28.9 Å². The van der Waals surface area contributed by atoms with Gasteiger partial charge in [0.15, 0.2) is 0 Å². The zero-order valence-electron chi connectivity index (χ0n) is 21.8. The Labute approximate surface area is 233 Å². The van der Waals surface area contributed by atoms with E-state index in [1.807, 2.05) is 24.3 Å². The Morgan fingerprint density at radius 2 is 1.85 bits per heavy atom. The van der Waals surface area contributed by atoms with Crippen LogP contribution in [0.5, 0.6) is 5.75 Å². The van der Waals surface area contributed by atoms with Crippen LogP contribution in [0.1, 0.15) is 53.3 Å². The average molecular weight is 559 g/mol. The van der Waals surface area contributed by atoms with Crippen LogP contribution in [0.3, 0.4) is 0 Å². The summed E-state index contributed by atoms with van der Waals surface area (Å²) in [5.41, 5.74) is 4.84. The molecule has 40 heavy (non-hydrogen) atoms. The number of benzene rings is 2. The first kappa shape index (κ1) is 26.0. The van der Waals surface area contributed by atoms with Crippen LogP contribution in [0.25, 0.3) is 43.6 Å².